The van der Waals surface area contributed by atoms with E-state index < -0.39 is 0 Å². The van der Waals surface area contributed by atoms with Gasteiger partial charge in [-0.3, -0.25) is 4.79 Å². The van der Waals surface area contributed by atoms with Crippen LogP contribution in [-0.2, 0) is 4.79 Å². The minimum absolute atomic E-state index is 0.0336. The molecular weight excluding hydrogens is 338 g/mol. The molecule has 2 aliphatic heterocycles. The molecule has 1 atom stereocenters. The minimum atomic E-state index is -0.0941. The Morgan fingerprint density at radius 2 is 1.89 bits per heavy atom. The molecule has 6 heteroatoms. The zero-order valence-electron chi connectivity index (χ0n) is 16.3. The van der Waals surface area contributed by atoms with Crippen LogP contribution in [0.2, 0.25) is 0 Å². The zero-order valence-corrected chi connectivity index (χ0v) is 16.3. The lowest BCUT2D eigenvalue weighted by Gasteiger charge is -2.39. The topological polar surface area (TPSA) is 61.4 Å². The lowest BCUT2D eigenvalue weighted by atomic mass is 9.82. The maximum absolute atomic E-state index is 12.6. The number of benzene rings is 1. The van der Waals surface area contributed by atoms with Crippen LogP contribution in [0.1, 0.15) is 36.3 Å². The first-order chi connectivity index (χ1) is 13.0. The molecule has 1 spiro atoms. The second-order valence-electron chi connectivity index (χ2n) is 8.00. The first-order valence-corrected chi connectivity index (χ1v) is 9.60. The Morgan fingerprint density at radius 1 is 1.19 bits per heavy atom. The number of anilines is 2. The molecule has 3 heterocycles. The van der Waals surface area contributed by atoms with Gasteiger partial charge in [-0.1, -0.05) is 30.3 Å². The van der Waals surface area contributed by atoms with Gasteiger partial charge in [0.1, 0.15) is 5.82 Å². The van der Waals surface area contributed by atoms with Gasteiger partial charge in [0.05, 0.1) is 5.92 Å². The van der Waals surface area contributed by atoms with E-state index in [0.717, 1.165) is 55.2 Å². The highest BCUT2D eigenvalue weighted by Crippen LogP contribution is 2.39. The number of rotatable bonds is 3. The van der Waals surface area contributed by atoms with Crippen molar-refractivity contribution in [1.82, 2.24) is 15.3 Å². The maximum atomic E-state index is 12.6. The third-order valence-corrected chi connectivity index (χ3v) is 5.86. The van der Waals surface area contributed by atoms with Gasteiger partial charge >= 0.3 is 0 Å². The monoisotopic (exact) mass is 365 g/mol. The summed E-state index contributed by atoms with van der Waals surface area (Å²) < 4.78 is 0. The lowest BCUT2D eigenvalue weighted by Crippen LogP contribution is -2.51. The molecule has 0 saturated carbocycles. The highest BCUT2D eigenvalue weighted by atomic mass is 16.2. The molecule has 2 aromatic rings. The predicted octanol–water partition coefficient (Wildman–Crippen LogP) is 2.49. The largest absolute Gasteiger partial charge is 0.362 e. The van der Waals surface area contributed by atoms with Crippen molar-refractivity contribution in [2.24, 2.45) is 0 Å². The van der Waals surface area contributed by atoms with Crippen molar-refractivity contribution in [2.75, 3.05) is 37.0 Å². The molecule has 142 valence electrons. The van der Waals surface area contributed by atoms with E-state index in [2.05, 4.69) is 27.3 Å². The van der Waals surface area contributed by atoms with Gasteiger partial charge in [0.15, 0.2) is 0 Å². The van der Waals surface area contributed by atoms with Crippen molar-refractivity contribution in [2.45, 2.75) is 37.6 Å². The molecule has 0 radical (unpaired) electrons. The fourth-order valence-electron chi connectivity index (χ4n) is 4.33. The van der Waals surface area contributed by atoms with Crippen molar-refractivity contribution < 1.29 is 4.79 Å². The summed E-state index contributed by atoms with van der Waals surface area (Å²) in [6.07, 6.45) is 4.62. The van der Waals surface area contributed by atoms with Crippen LogP contribution >= 0.6 is 0 Å². The average Bonchev–Trinajstić information content (AvgIpc) is 2.99. The molecule has 0 aliphatic carbocycles. The van der Waals surface area contributed by atoms with E-state index in [0.29, 0.717) is 0 Å². The van der Waals surface area contributed by atoms with E-state index in [1.807, 2.05) is 50.3 Å². The smallest absolute Gasteiger partial charge is 0.228 e. The summed E-state index contributed by atoms with van der Waals surface area (Å²) in [6.45, 7) is 3.75. The number of nitrogens with one attached hydrogen (secondary N) is 1. The standard InChI is InChI=1S/C21H27N5O/c1-15-14-22-20(23-18(15)25(2)3)26-11-9-21(10-12-26)13-17(19(27)24-21)16-7-5-4-6-8-16/h4-8,14,17H,9-13H2,1-3H3,(H,24,27)/t17-/m1/s1. The van der Waals surface area contributed by atoms with E-state index in [1.54, 1.807) is 0 Å². The number of carbonyl (C=O) groups excluding carboxylic acids is 1. The SMILES string of the molecule is Cc1cnc(N2CCC3(CC2)C[C@H](c2ccccc2)C(=O)N3)nc1N(C)C. The molecule has 2 fully saturated rings. The number of hydrogen-bond donors (Lipinski definition) is 1. The van der Waals surface area contributed by atoms with Crippen molar-refractivity contribution in [3.63, 3.8) is 0 Å². The summed E-state index contributed by atoms with van der Waals surface area (Å²) in [4.78, 5) is 26.1. The molecule has 0 bridgehead atoms. The van der Waals surface area contributed by atoms with E-state index >= 15 is 0 Å². The van der Waals surface area contributed by atoms with Crippen LogP contribution in [0.25, 0.3) is 0 Å². The molecular formula is C21H27N5O. The summed E-state index contributed by atoms with van der Waals surface area (Å²) in [5.41, 5.74) is 2.10. The summed E-state index contributed by atoms with van der Waals surface area (Å²) in [7, 11) is 4.00. The summed E-state index contributed by atoms with van der Waals surface area (Å²) >= 11 is 0. The Balaban J connectivity index is 1.46. The molecule has 2 saturated heterocycles. The Hall–Kier alpha value is -2.63. The van der Waals surface area contributed by atoms with Crippen molar-refractivity contribution in [3.05, 3.63) is 47.7 Å². The van der Waals surface area contributed by atoms with Crippen LogP contribution in [-0.4, -0.2) is 48.6 Å². The van der Waals surface area contributed by atoms with Gasteiger partial charge in [-0.25, -0.2) is 4.98 Å². The summed E-state index contributed by atoms with van der Waals surface area (Å²) in [5.74, 6) is 1.87. The van der Waals surface area contributed by atoms with Crippen LogP contribution in [0, 0.1) is 6.92 Å². The normalized spacial score (nSPS) is 21.4. The molecule has 1 aromatic heterocycles. The Kier molecular flexibility index (Phi) is 4.50. The number of amides is 1. The van der Waals surface area contributed by atoms with Gasteiger partial charge in [0, 0.05) is 44.5 Å². The fraction of sp³-hybridized carbons (Fsp3) is 0.476. The second kappa shape index (κ2) is 6.83. The number of aromatic nitrogens is 2. The quantitative estimate of drug-likeness (QED) is 0.906. The number of piperidine rings is 1. The molecule has 27 heavy (non-hydrogen) atoms. The third-order valence-electron chi connectivity index (χ3n) is 5.86. The molecule has 1 amide bonds. The molecule has 6 nitrogen and oxygen atoms in total. The van der Waals surface area contributed by atoms with Crippen LogP contribution in [0.3, 0.4) is 0 Å². The van der Waals surface area contributed by atoms with Gasteiger partial charge in [-0.2, -0.15) is 4.98 Å². The van der Waals surface area contributed by atoms with E-state index in [1.165, 1.54) is 0 Å². The average molecular weight is 365 g/mol. The number of nitrogens with zero attached hydrogens (tertiary/aromatic N) is 4. The lowest BCUT2D eigenvalue weighted by molar-refractivity contribution is -0.121. The third kappa shape index (κ3) is 3.36. The van der Waals surface area contributed by atoms with Gasteiger partial charge < -0.3 is 15.1 Å². The highest BCUT2D eigenvalue weighted by molar-refractivity contribution is 5.87. The fourth-order valence-corrected chi connectivity index (χ4v) is 4.33. The molecule has 0 unspecified atom stereocenters. The Bertz CT molecular complexity index is 828. The van der Waals surface area contributed by atoms with Gasteiger partial charge in [-0.05, 0) is 31.7 Å². The van der Waals surface area contributed by atoms with Crippen molar-refractivity contribution in [3.8, 4) is 0 Å². The summed E-state index contributed by atoms with van der Waals surface area (Å²) in [6, 6.07) is 10.1. The van der Waals surface area contributed by atoms with Crippen molar-refractivity contribution >= 4 is 17.7 Å². The highest BCUT2D eigenvalue weighted by Gasteiger charge is 2.46. The van der Waals surface area contributed by atoms with Gasteiger partial charge in [0.2, 0.25) is 11.9 Å². The van der Waals surface area contributed by atoms with E-state index in [4.69, 9.17) is 4.98 Å². The number of hydrogen-bond acceptors (Lipinski definition) is 5. The van der Waals surface area contributed by atoms with Crippen molar-refractivity contribution in [1.29, 1.82) is 0 Å². The first-order valence-electron chi connectivity index (χ1n) is 9.60. The molecule has 2 aliphatic rings. The van der Waals surface area contributed by atoms with Crippen LogP contribution in [0.5, 0.6) is 0 Å². The number of carbonyl (C=O) groups is 1. The molecule has 1 N–H and O–H groups in total. The zero-order chi connectivity index (χ0) is 19.0. The van der Waals surface area contributed by atoms with Crippen LogP contribution < -0.4 is 15.1 Å². The Morgan fingerprint density at radius 3 is 2.56 bits per heavy atom. The van der Waals surface area contributed by atoms with Crippen LogP contribution in [0.15, 0.2) is 36.5 Å². The second-order valence-corrected chi connectivity index (χ2v) is 8.00. The van der Waals surface area contributed by atoms with Gasteiger partial charge in [0.25, 0.3) is 0 Å². The Labute approximate surface area is 160 Å². The van der Waals surface area contributed by atoms with Crippen LogP contribution in [0.4, 0.5) is 11.8 Å². The predicted molar refractivity (Wildman–Crippen MR) is 107 cm³/mol. The minimum Gasteiger partial charge on any atom is -0.362 e. The molecule has 4 rings (SSSR count). The maximum Gasteiger partial charge on any atom is 0.228 e. The number of aryl methyl sites for hydroxylation is 1. The van der Waals surface area contributed by atoms with E-state index in [-0.39, 0.29) is 17.4 Å². The first kappa shape index (κ1) is 17.8. The molecule has 1 aromatic carbocycles. The van der Waals surface area contributed by atoms with Gasteiger partial charge in [-0.15, -0.1) is 0 Å². The van der Waals surface area contributed by atoms with E-state index in [9.17, 15) is 4.79 Å². The summed E-state index contributed by atoms with van der Waals surface area (Å²) in [5, 5.41) is 3.31.